The summed E-state index contributed by atoms with van der Waals surface area (Å²) < 4.78 is 45.9. The van der Waals surface area contributed by atoms with Crippen LogP contribution in [0.1, 0.15) is 67.8 Å². The van der Waals surface area contributed by atoms with Crippen molar-refractivity contribution in [2.45, 2.75) is 76.2 Å². The summed E-state index contributed by atoms with van der Waals surface area (Å²) in [6.07, 6.45) is -1.52. The molecule has 1 amide bonds. The SMILES string of the molecule is Nc1nc2c(c(=O)n1C(c1ccccc1)C1CCC1)CCN(C(=O)OC1CCC(C(F)(F)F)CC1)C2. The van der Waals surface area contributed by atoms with Crippen molar-refractivity contribution >= 4 is 12.0 Å². The minimum Gasteiger partial charge on any atom is -0.446 e. The van der Waals surface area contributed by atoms with Gasteiger partial charge in [0.1, 0.15) is 6.10 Å². The van der Waals surface area contributed by atoms with Crippen LogP contribution in [0.5, 0.6) is 0 Å². The van der Waals surface area contributed by atoms with E-state index in [4.69, 9.17) is 10.5 Å². The molecule has 1 unspecified atom stereocenters. The van der Waals surface area contributed by atoms with Crippen molar-refractivity contribution in [2.24, 2.45) is 11.8 Å². The summed E-state index contributed by atoms with van der Waals surface area (Å²) in [6, 6.07) is 9.68. The molecule has 0 radical (unpaired) electrons. The standard InChI is InChI=1S/C26H31F3N4O3/c27-26(28,29)18-9-11-19(12-10-18)36-25(35)32-14-13-20-21(15-32)31-24(30)33(23(20)34)22(17-7-4-8-17)16-5-2-1-3-6-16/h1-3,5-6,17-19,22H,4,7-15H2,(H2,30,31). The van der Waals surface area contributed by atoms with Gasteiger partial charge in [0.25, 0.3) is 5.56 Å². The Morgan fingerprint density at radius 2 is 1.78 bits per heavy atom. The summed E-state index contributed by atoms with van der Waals surface area (Å²) in [5.74, 6) is -0.891. The number of fused-ring (bicyclic) bond motifs is 1. The predicted octanol–water partition coefficient (Wildman–Crippen LogP) is 4.83. The molecule has 0 bridgehead atoms. The molecule has 1 aromatic heterocycles. The van der Waals surface area contributed by atoms with E-state index >= 15 is 0 Å². The summed E-state index contributed by atoms with van der Waals surface area (Å²) in [7, 11) is 0. The first-order valence-electron chi connectivity index (χ1n) is 12.7. The van der Waals surface area contributed by atoms with Crippen LogP contribution in [0.2, 0.25) is 0 Å². The average Bonchev–Trinajstić information content (AvgIpc) is 2.82. The molecule has 10 heteroatoms. The lowest BCUT2D eigenvalue weighted by molar-refractivity contribution is -0.186. The summed E-state index contributed by atoms with van der Waals surface area (Å²) in [6.45, 7) is 0.371. The largest absolute Gasteiger partial charge is 0.446 e. The third-order valence-corrected chi connectivity index (χ3v) is 7.97. The number of aromatic nitrogens is 2. The summed E-state index contributed by atoms with van der Waals surface area (Å²) in [5, 5.41) is 0. The van der Waals surface area contributed by atoms with Gasteiger partial charge in [0.2, 0.25) is 5.95 Å². The Morgan fingerprint density at radius 3 is 2.39 bits per heavy atom. The van der Waals surface area contributed by atoms with Gasteiger partial charge in [-0.15, -0.1) is 0 Å². The molecule has 194 valence electrons. The van der Waals surface area contributed by atoms with E-state index < -0.39 is 24.3 Å². The van der Waals surface area contributed by atoms with Gasteiger partial charge < -0.3 is 15.4 Å². The van der Waals surface area contributed by atoms with E-state index in [0.29, 0.717) is 23.6 Å². The zero-order valence-corrected chi connectivity index (χ0v) is 20.0. The highest BCUT2D eigenvalue weighted by molar-refractivity contribution is 5.68. The van der Waals surface area contributed by atoms with E-state index in [1.807, 2.05) is 30.3 Å². The highest BCUT2D eigenvalue weighted by Gasteiger charge is 2.42. The number of benzene rings is 1. The Labute approximate surface area is 207 Å². The van der Waals surface area contributed by atoms with Crippen LogP contribution >= 0.6 is 0 Å². The molecule has 2 saturated carbocycles. The summed E-state index contributed by atoms with van der Waals surface area (Å²) in [4.78, 5) is 32.4. The van der Waals surface area contributed by atoms with E-state index in [2.05, 4.69) is 4.98 Å². The highest BCUT2D eigenvalue weighted by atomic mass is 19.4. The van der Waals surface area contributed by atoms with Gasteiger partial charge in [-0.1, -0.05) is 36.8 Å². The van der Waals surface area contributed by atoms with Gasteiger partial charge in [0.15, 0.2) is 0 Å². The molecule has 2 N–H and O–H groups in total. The molecule has 5 rings (SSSR count). The molecule has 0 spiro atoms. The number of carbonyl (C=O) groups is 1. The predicted molar refractivity (Wildman–Crippen MR) is 127 cm³/mol. The first kappa shape index (κ1) is 24.6. The van der Waals surface area contributed by atoms with Crippen LogP contribution < -0.4 is 11.3 Å². The second-order valence-electron chi connectivity index (χ2n) is 10.2. The lowest BCUT2D eigenvalue weighted by Gasteiger charge is -2.37. The first-order valence-corrected chi connectivity index (χ1v) is 12.7. The van der Waals surface area contributed by atoms with Crippen molar-refractivity contribution in [2.75, 3.05) is 12.3 Å². The summed E-state index contributed by atoms with van der Waals surface area (Å²) >= 11 is 0. The van der Waals surface area contributed by atoms with Crippen molar-refractivity contribution in [1.29, 1.82) is 0 Å². The number of alkyl halides is 3. The monoisotopic (exact) mass is 504 g/mol. The Hall–Kier alpha value is -3.04. The van der Waals surface area contributed by atoms with Crippen molar-refractivity contribution < 1.29 is 22.7 Å². The zero-order chi connectivity index (χ0) is 25.4. The van der Waals surface area contributed by atoms with Gasteiger partial charge in [0.05, 0.1) is 24.2 Å². The number of halogens is 3. The number of nitrogen functional groups attached to an aromatic ring is 1. The Morgan fingerprint density at radius 1 is 1.08 bits per heavy atom. The maximum atomic E-state index is 13.6. The second-order valence-corrected chi connectivity index (χ2v) is 10.2. The molecule has 1 aromatic carbocycles. The number of rotatable bonds is 4. The number of nitrogens with zero attached hydrogens (tertiary/aromatic N) is 3. The van der Waals surface area contributed by atoms with Gasteiger partial charge in [0, 0.05) is 12.1 Å². The normalized spacial score (nSPS) is 23.5. The number of nitrogens with two attached hydrogens (primary N) is 1. The molecule has 3 aliphatic rings. The van der Waals surface area contributed by atoms with Crippen LogP contribution in [-0.2, 0) is 17.7 Å². The van der Waals surface area contributed by atoms with Crippen LogP contribution in [0.25, 0.3) is 0 Å². The molecule has 2 aliphatic carbocycles. The maximum Gasteiger partial charge on any atom is 0.410 e. The molecule has 7 nitrogen and oxygen atoms in total. The second kappa shape index (κ2) is 9.78. The molecule has 2 aromatic rings. The number of carbonyl (C=O) groups excluding carboxylic acids is 1. The minimum atomic E-state index is -4.21. The van der Waals surface area contributed by atoms with E-state index in [1.165, 1.54) is 4.90 Å². The lowest BCUT2D eigenvalue weighted by Crippen LogP contribution is -2.44. The van der Waals surface area contributed by atoms with Crippen molar-refractivity contribution in [3.63, 3.8) is 0 Å². The molecule has 2 fully saturated rings. The quantitative estimate of drug-likeness (QED) is 0.644. The smallest absolute Gasteiger partial charge is 0.410 e. The number of amides is 1. The number of anilines is 1. The number of ether oxygens (including phenoxy) is 1. The van der Waals surface area contributed by atoms with Crippen LogP contribution in [-0.4, -0.2) is 39.4 Å². The van der Waals surface area contributed by atoms with E-state index in [9.17, 15) is 22.8 Å². The Bertz CT molecular complexity index is 1160. The molecule has 0 saturated heterocycles. The third kappa shape index (κ3) is 4.82. The fourth-order valence-corrected chi connectivity index (χ4v) is 5.71. The van der Waals surface area contributed by atoms with Gasteiger partial charge in [-0.2, -0.15) is 13.2 Å². The van der Waals surface area contributed by atoms with Crippen LogP contribution in [0.15, 0.2) is 35.1 Å². The average molecular weight is 505 g/mol. The molecule has 1 aliphatic heterocycles. The van der Waals surface area contributed by atoms with Crippen molar-refractivity contribution in [3.05, 3.63) is 57.5 Å². The third-order valence-electron chi connectivity index (χ3n) is 7.97. The number of hydrogen-bond acceptors (Lipinski definition) is 5. The lowest BCUT2D eigenvalue weighted by atomic mass is 9.77. The van der Waals surface area contributed by atoms with E-state index in [1.54, 1.807) is 4.57 Å². The maximum absolute atomic E-state index is 13.6. The number of hydrogen-bond donors (Lipinski definition) is 1. The van der Waals surface area contributed by atoms with Crippen LogP contribution in [0.4, 0.5) is 23.9 Å². The molecule has 36 heavy (non-hydrogen) atoms. The first-order chi connectivity index (χ1) is 17.2. The van der Waals surface area contributed by atoms with Gasteiger partial charge >= 0.3 is 12.3 Å². The molecule has 1 atom stereocenters. The van der Waals surface area contributed by atoms with Crippen molar-refractivity contribution in [3.8, 4) is 0 Å². The van der Waals surface area contributed by atoms with Gasteiger partial charge in [-0.25, -0.2) is 9.78 Å². The Balaban J connectivity index is 1.31. The van der Waals surface area contributed by atoms with Crippen LogP contribution in [0.3, 0.4) is 0 Å². The van der Waals surface area contributed by atoms with Crippen molar-refractivity contribution in [1.82, 2.24) is 14.5 Å². The Kier molecular flexibility index (Phi) is 6.70. The van der Waals surface area contributed by atoms with Crippen LogP contribution in [0, 0.1) is 11.8 Å². The molecular weight excluding hydrogens is 473 g/mol. The topological polar surface area (TPSA) is 90.5 Å². The summed E-state index contributed by atoms with van der Waals surface area (Å²) in [5.41, 5.74) is 8.21. The highest BCUT2D eigenvalue weighted by Crippen LogP contribution is 2.41. The molecule has 2 heterocycles. The van der Waals surface area contributed by atoms with Gasteiger partial charge in [-0.3, -0.25) is 9.36 Å². The fourth-order valence-electron chi connectivity index (χ4n) is 5.71. The van der Waals surface area contributed by atoms with E-state index in [-0.39, 0.29) is 56.3 Å². The van der Waals surface area contributed by atoms with E-state index in [0.717, 1.165) is 24.8 Å². The zero-order valence-electron chi connectivity index (χ0n) is 20.0. The van der Waals surface area contributed by atoms with Gasteiger partial charge in [-0.05, 0) is 56.4 Å². The minimum absolute atomic E-state index is 0.0362. The molecular formula is C26H31F3N4O3. The fraction of sp³-hybridized carbons (Fsp3) is 0.577.